The van der Waals surface area contributed by atoms with E-state index in [1.54, 1.807) is 0 Å². The molecule has 14 aromatic rings. The third-order valence-electron chi connectivity index (χ3n) is 17.7. The van der Waals surface area contributed by atoms with Gasteiger partial charge < -0.3 is 4.42 Å². The molecule has 0 saturated carbocycles. The van der Waals surface area contributed by atoms with E-state index in [9.17, 15) is 0 Å². The van der Waals surface area contributed by atoms with Crippen LogP contribution in [0, 0.1) is 0 Å². The number of rotatable bonds is 7. The van der Waals surface area contributed by atoms with Crippen molar-refractivity contribution in [3.63, 3.8) is 0 Å². The van der Waals surface area contributed by atoms with E-state index in [4.69, 9.17) is 4.42 Å². The van der Waals surface area contributed by atoms with Crippen LogP contribution in [0.15, 0.2) is 271 Å². The van der Waals surface area contributed by atoms with Crippen LogP contribution in [0.2, 0.25) is 0 Å². The minimum atomic E-state index is -0.434. The molecule has 2 unspecified atom stereocenters. The number of fused-ring (bicyclic) bond motifs is 12. The fraction of sp³-hybridized carbons (Fsp3) is 0.0526. The molecular weight excluding hydrogens is 961 g/mol. The van der Waals surface area contributed by atoms with Crippen LogP contribution in [0.3, 0.4) is 0 Å². The van der Waals surface area contributed by atoms with Crippen molar-refractivity contribution in [1.82, 2.24) is 0 Å². The zero-order valence-electron chi connectivity index (χ0n) is 43.2. The van der Waals surface area contributed by atoms with Gasteiger partial charge in [0, 0.05) is 52.9 Å². The van der Waals surface area contributed by atoms with E-state index in [0.29, 0.717) is 0 Å². The highest BCUT2D eigenvalue weighted by Crippen LogP contribution is 2.59. The van der Waals surface area contributed by atoms with Crippen LogP contribution in [-0.4, -0.2) is 0 Å². The molecule has 78 heavy (non-hydrogen) atoms. The van der Waals surface area contributed by atoms with Crippen LogP contribution >= 0.6 is 11.3 Å². The fourth-order valence-corrected chi connectivity index (χ4v) is 15.2. The van der Waals surface area contributed by atoms with Crippen LogP contribution in [0.4, 0.5) is 0 Å². The van der Waals surface area contributed by atoms with E-state index < -0.39 is 5.41 Å². The number of furan rings is 1. The summed E-state index contributed by atoms with van der Waals surface area (Å²) >= 11 is 1.90. The van der Waals surface area contributed by atoms with E-state index in [0.717, 1.165) is 33.1 Å². The zero-order valence-corrected chi connectivity index (χ0v) is 44.0. The highest BCUT2D eigenvalue weighted by molar-refractivity contribution is 7.26. The Balaban J connectivity index is 0.861. The zero-order chi connectivity index (χ0) is 51.7. The van der Waals surface area contributed by atoms with Crippen molar-refractivity contribution in [2.24, 2.45) is 0 Å². The summed E-state index contributed by atoms with van der Waals surface area (Å²) in [6.07, 6.45) is 0. The lowest BCUT2D eigenvalue weighted by molar-refractivity contribution is 0.670. The Kier molecular flexibility index (Phi) is 9.84. The lowest BCUT2D eigenvalue weighted by Gasteiger charge is -2.30. The summed E-state index contributed by atoms with van der Waals surface area (Å²) in [6, 6.07) is 99.1. The van der Waals surface area contributed by atoms with Gasteiger partial charge in [0.2, 0.25) is 0 Å². The number of benzene rings is 12. The molecule has 0 fully saturated rings. The quantitative estimate of drug-likeness (QED) is 0.155. The molecule has 0 amide bonds. The van der Waals surface area contributed by atoms with Crippen molar-refractivity contribution in [3.05, 3.63) is 300 Å². The molecule has 12 aromatic carbocycles. The first-order chi connectivity index (χ1) is 38.5. The van der Waals surface area contributed by atoms with Crippen molar-refractivity contribution < 1.29 is 4.42 Å². The van der Waals surface area contributed by atoms with Gasteiger partial charge in [-0.1, -0.05) is 243 Å². The van der Waals surface area contributed by atoms with Crippen molar-refractivity contribution >= 4 is 53.4 Å². The van der Waals surface area contributed by atoms with Gasteiger partial charge in [-0.25, -0.2) is 0 Å². The predicted octanol–water partition coefficient (Wildman–Crippen LogP) is 21.0. The van der Waals surface area contributed by atoms with Crippen LogP contribution in [0.25, 0.3) is 120 Å². The summed E-state index contributed by atoms with van der Waals surface area (Å²) in [5.74, 6) is 0. The van der Waals surface area contributed by atoms with E-state index in [2.05, 4.69) is 281 Å². The van der Waals surface area contributed by atoms with Crippen molar-refractivity contribution in [3.8, 4) is 77.9 Å². The minimum absolute atomic E-state index is 0.377. The predicted molar refractivity (Wildman–Crippen MR) is 329 cm³/mol. The summed E-state index contributed by atoms with van der Waals surface area (Å²) in [4.78, 5) is 0. The number of thiophene rings is 1. The highest BCUT2D eigenvalue weighted by Gasteiger charge is 2.44. The van der Waals surface area contributed by atoms with Crippen LogP contribution in [-0.2, 0) is 10.8 Å². The van der Waals surface area contributed by atoms with E-state index in [1.807, 2.05) is 11.3 Å². The van der Waals surface area contributed by atoms with Gasteiger partial charge in [0.1, 0.15) is 11.2 Å². The van der Waals surface area contributed by atoms with Gasteiger partial charge in [-0.2, -0.15) is 0 Å². The molecule has 0 spiro atoms. The molecule has 2 atom stereocenters. The van der Waals surface area contributed by atoms with Gasteiger partial charge in [-0.05, 0) is 138 Å². The second-order valence-electron chi connectivity index (χ2n) is 21.6. The topological polar surface area (TPSA) is 13.1 Å². The summed E-state index contributed by atoms with van der Waals surface area (Å²) in [6.45, 7) is 4.85. The lowest BCUT2D eigenvalue weighted by Crippen LogP contribution is -2.22. The largest absolute Gasteiger partial charge is 0.455 e. The first-order valence-corrected chi connectivity index (χ1v) is 28.0. The Labute approximate surface area is 458 Å². The first-order valence-electron chi connectivity index (χ1n) is 27.1. The Morgan fingerprint density at radius 2 is 0.808 bits per heavy atom. The maximum absolute atomic E-state index is 7.19. The molecule has 2 aliphatic rings. The monoisotopic (exact) mass is 1010 g/mol. The smallest absolute Gasteiger partial charge is 0.143 e. The molecule has 0 bridgehead atoms. The maximum Gasteiger partial charge on any atom is 0.143 e. The Morgan fingerprint density at radius 1 is 0.308 bits per heavy atom. The Bertz CT molecular complexity index is 4770. The molecule has 366 valence electrons. The molecule has 2 aromatic heterocycles. The maximum atomic E-state index is 7.19. The average Bonchev–Trinajstić information content (AvgIpc) is 4.15. The molecule has 0 saturated heterocycles. The third kappa shape index (κ3) is 6.35. The van der Waals surface area contributed by atoms with Crippen LogP contribution in [0.1, 0.15) is 47.2 Å². The summed E-state index contributed by atoms with van der Waals surface area (Å²) in [7, 11) is 0. The summed E-state index contributed by atoms with van der Waals surface area (Å²) in [5.41, 5.74) is 25.9. The molecule has 0 radical (unpaired) electrons. The third-order valence-corrected chi connectivity index (χ3v) is 18.9. The molecule has 1 nitrogen and oxygen atoms in total. The van der Waals surface area contributed by atoms with Gasteiger partial charge >= 0.3 is 0 Å². The second kappa shape index (κ2) is 17.1. The molecule has 2 aliphatic carbocycles. The van der Waals surface area contributed by atoms with Crippen molar-refractivity contribution in [2.75, 3.05) is 0 Å². The molecule has 16 rings (SSSR count). The Hall–Kier alpha value is -9.34. The Morgan fingerprint density at radius 3 is 1.54 bits per heavy atom. The van der Waals surface area contributed by atoms with Gasteiger partial charge in [0.25, 0.3) is 0 Å². The standard InChI is InChI=1S/C76H50OS/c1-75(50-26-15-25-49(45-50)47-21-5-3-6-22-47)64-37-12-9-28-60(64)70-55(30-18-39-66(70)75)57-33-16-36-62-72-54(32-20-41-68(72)77-73(57)62)52-44-43-51(46-63(52)48-23-7-4-8-24-48)76(2)65-38-13-10-29-61(65)71-56(31-19-40-67(71)76)59-35-17-34-58-53-27-11-14-42-69(53)78-74(58)59/h3-46H,1-2H3. The van der Waals surface area contributed by atoms with E-state index in [-0.39, 0.29) is 5.41 Å². The van der Waals surface area contributed by atoms with Gasteiger partial charge in [0.05, 0.1) is 0 Å². The highest BCUT2D eigenvalue weighted by atomic mass is 32.1. The first kappa shape index (κ1) is 44.9. The number of hydrogen-bond acceptors (Lipinski definition) is 2. The van der Waals surface area contributed by atoms with Crippen LogP contribution < -0.4 is 0 Å². The van der Waals surface area contributed by atoms with E-state index in [1.165, 1.54) is 120 Å². The molecule has 2 heteroatoms. The lowest BCUT2D eigenvalue weighted by atomic mass is 9.72. The molecular formula is C76H50OS. The number of para-hydroxylation sites is 1. The fourth-order valence-electron chi connectivity index (χ4n) is 14.0. The van der Waals surface area contributed by atoms with Gasteiger partial charge in [-0.15, -0.1) is 11.3 Å². The molecule has 0 aliphatic heterocycles. The molecule has 2 heterocycles. The van der Waals surface area contributed by atoms with Crippen molar-refractivity contribution in [2.45, 2.75) is 24.7 Å². The second-order valence-corrected chi connectivity index (χ2v) is 22.7. The normalized spacial score (nSPS) is 16.2. The van der Waals surface area contributed by atoms with E-state index >= 15 is 0 Å². The van der Waals surface area contributed by atoms with Gasteiger partial charge in [-0.3, -0.25) is 0 Å². The molecule has 0 N–H and O–H groups in total. The summed E-state index contributed by atoms with van der Waals surface area (Å²) < 4.78 is 9.84. The SMILES string of the molecule is CC1(c2cccc(-c3ccccc3)c2)c2ccccc2-c2c(-c3cccc4c3oc3cccc(-c5ccc(C6(C)c7ccccc7-c7c(-c8cccc9c8sc8ccccc89)cccc76)cc5-c5ccccc5)c34)cccc21. The van der Waals surface area contributed by atoms with Crippen LogP contribution in [0.5, 0.6) is 0 Å². The average molecular weight is 1010 g/mol. The van der Waals surface area contributed by atoms with Crippen molar-refractivity contribution in [1.29, 1.82) is 0 Å². The van der Waals surface area contributed by atoms with Gasteiger partial charge in [0.15, 0.2) is 0 Å². The summed E-state index contributed by atoms with van der Waals surface area (Å²) in [5, 5.41) is 4.87. The number of hydrogen-bond donors (Lipinski definition) is 0. The minimum Gasteiger partial charge on any atom is -0.455 e.